The van der Waals surface area contributed by atoms with Gasteiger partial charge in [0.05, 0.1) is 23.2 Å². The molecule has 1 aromatic carbocycles. The third-order valence-electron chi connectivity index (χ3n) is 2.34. The summed E-state index contributed by atoms with van der Waals surface area (Å²) in [5.74, 6) is 0.882. The minimum atomic E-state index is -0.0805. The van der Waals surface area contributed by atoms with E-state index in [1.165, 1.54) is 0 Å². The number of rotatable bonds is 4. The van der Waals surface area contributed by atoms with Gasteiger partial charge in [0.25, 0.3) is 0 Å². The Morgan fingerprint density at radius 1 is 1.39 bits per heavy atom. The Bertz CT molecular complexity index is 531. The fourth-order valence-electron chi connectivity index (χ4n) is 1.56. The van der Waals surface area contributed by atoms with Gasteiger partial charge < -0.3 is 15.5 Å². The van der Waals surface area contributed by atoms with Gasteiger partial charge in [-0.05, 0) is 39.0 Å². The summed E-state index contributed by atoms with van der Waals surface area (Å²) in [6, 6.07) is 5.69. The number of nitrogens with zero attached hydrogens (tertiary/aromatic N) is 1. The lowest BCUT2D eigenvalue weighted by atomic mass is 10.2. The summed E-state index contributed by atoms with van der Waals surface area (Å²) in [7, 11) is 0. The quantitative estimate of drug-likeness (QED) is 0.506. The van der Waals surface area contributed by atoms with E-state index in [4.69, 9.17) is 10.5 Å². The van der Waals surface area contributed by atoms with Gasteiger partial charge in [-0.1, -0.05) is 11.8 Å². The largest absolute Gasteiger partial charge is 0.399 e. The molecule has 2 rings (SSSR count). The number of aromatic nitrogens is 2. The summed E-state index contributed by atoms with van der Waals surface area (Å²) in [5.41, 5.74) is 8.32. The maximum atomic E-state index is 5.73. The van der Waals surface area contributed by atoms with Crippen molar-refractivity contribution in [3.8, 4) is 0 Å². The number of nitrogens with one attached hydrogen (secondary N) is 1. The summed E-state index contributed by atoms with van der Waals surface area (Å²) >= 11 is 1.66. The molecule has 0 spiro atoms. The van der Waals surface area contributed by atoms with E-state index < -0.39 is 0 Å². The van der Waals surface area contributed by atoms with Crippen LogP contribution in [0.15, 0.2) is 23.4 Å². The van der Waals surface area contributed by atoms with Gasteiger partial charge in [-0.15, -0.1) is 0 Å². The average Bonchev–Trinajstić information content (AvgIpc) is 2.65. The number of thioether (sulfide) groups is 1. The molecule has 3 N–H and O–H groups in total. The summed E-state index contributed by atoms with van der Waals surface area (Å²) in [6.45, 7) is 6.89. The fourth-order valence-corrected chi connectivity index (χ4v) is 2.26. The lowest BCUT2D eigenvalue weighted by Crippen LogP contribution is -2.20. The molecule has 0 fully saturated rings. The number of hydrogen-bond donors (Lipinski definition) is 2. The SMILES string of the molecule is CC(C)(C)OCCSc1nc2ccc(N)cc2[nH]1. The molecule has 5 heteroatoms. The summed E-state index contributed by atoms with van der Waals surface area (Å²) < 4.78 is 5.66. The molecule has 1 heterocycles. The molecule has 0 unspecified atom stereocenters. The monoisotopic (exact) mass is 265 g/mol. The minimum Gasteiger partial charge on any atom is -0.399 e. The number of hydrogen-bond acceptors (Lipinski definition) is 4. The van der Waals surface area contributed by atoms with E-state index in [-0.39, 0.29) is 5.60 Å². The first-order valence-electron chi connectivity index (χ1n) is 5.96. The second kappa shape index (κ2) is 5.20. The van der Waals surface area contributed by atoms with Crippen LogP contribution < -0.4 is 5.73 Å². The summed E-state index contributed by atoms with van der Waals surface area (Å²) in [6.07, 6.45) is 0. The molecule has 0 aliphatic rings. The zero-order valence-electron chi connectivity index (χ0n) is 11.0. The molecular formula is C13H19N3OS. The van der Waals surface area contributed by atoms with E-state index in [2.05, 4.69) is 30.7 Å². The topological polar surface area (TPSA) is 63.9 Å². The number of nitrogen functional groups attached to an aromatic ring is 1. The van der Waals surface area contributed by atoms with Crippen molar-refractivity contribution in [1.82, 2.24) is 9.97 Å². The Morgan fingerprint density at radius 2 is 2.17 bits per heavy atom. The first-order chi connectivity index (χ1) is 8.44. The van der Waals surface area contributed by atoms with Gasteiger partial charge in [0.15, 0.2) is 5.16 Å². The van der Waals surface area contributed by atoms with E-state index in [0.717, 1.165) is 27.6 Å². The highest BCUT2D eigenvalue weighted by atomic mass is 32.2. The number of anilines is 1. The first kappa shape index (κ1) is 13.2. The molecule has 0 saturated heterocycles. The van der Waals surface area contributed by atoms with Crippen molar-refractivity contribution in [2.45, 2.75) is 31.5 Å². The second-order valence-corrected chi connectivity index (χ2v) is 6.21. The molecule has 0 amide bonds. The van der Waals surface area contributed by atoms with Crippen LogP contribution in [-0.2, 0) is 4.74 Å². The van der Waals surface area contributed by atoms with Crippen molar-refractivity contribution in [3.63, 3.8) is 0 Å². The van der Waals surface area contributed by atoms with Crippen molar-refractivity contribution >= 4 is 28.5 Å². The Morgan fingerprint density at radius 3 is 2.89 bits per heavy atom. The zero-order chi connectivity index (χ0) is 13.2. The standard InChI is InChI=1S/C13H19N3OS/c1-13(2,3)17-6-7-18-12-15-10-5-4-9(14)8-11(10)16-12/h4-5,8H,6-7,14H2,1-3H3,(H,15,16). The van der Waals surface area contributed by atoms with E-state index in [0.29, 0.717) is 6.61 Å². The Hall–Kier alpha value is -1.20. The van der Waals surface area contributed by atoms with Crippen LogP contribution in [0.2, 0.25) is 0 Å². The van der Waals surface area contributed by atoms with Crippen LogP contribution >= 0.6 is 11.8 Å². The Balaban J connectivity index is 1.92. The number of benzene rings is 1. The van der Waals surface area contributed by atoms with Crippen LogP contribution in [0.3, 0.4) is 0 Å². The van der Waals surface area contributed by atoms with Crippen LogP contribution in [0.5, 0.6) is 0 Å². The minimum absolute atomic E-state index is 0.0805. The van der Waals surface area contributed by atoms with Crippen molar-refractivity contribution in [1.29, 1.82) is 0 Å². The molecule has 18 heavy (non-hydrogen) atoms. The molecule has 0 saturated carbocycles. The Labute approximate surface area is 111 Å². The fraction of sp³-hybridized carbons (Fsp3) is 0.462. The third kappa shape index (κ3) is 3.65. The van der Waals surface area contributed by atoms with Crippen LogP contribution in [-0.4, -0.2) is 27.9 Å². The molecular weight excluding hydrogens is 246 g/mol. The van der Waals surface area contributed by atoms with Gasteiger partial charge in [0.1, 0.15) is 0 Å². The highest BCUT2D eigenvalue weighted by Gasteiger charge is 2.10. The third-order valence-corrected chi connectivity index (χ3v) is 3.18. The van der Waals surface area contributed by atoms with Crippen molar-refractivity contribution in [3.05, 3.63) is 18.2 Å². The van der Waals surface area contributed by atoms with E-state index in [1.54, 1.807) is 11.8 Å². The molecule has 1 aromatic heterocycles. The van der Waals surface area contributed by atoms with E-state index >= 15 is 0 Å². The molecule has 0 bridgehead atoms. The van der Waals surface area contributed by atoms with Gasteiger partial charge in [0.2, 0.25) is 0 Å². The number of nitrogens with two attached hydrogens (primary N) is 1. The van der Waals surface area contributed by atoms with Crippen LogP contribution in [0.4, 0.5) is 5.69 Å². The number of H-pyrrole nitrogens is 1. The Kier molecular flexibility index (Phi) is 3.82. The number of fused-ring (bicyclic) bond motifs is 1. The first-order valence-corrected chi connectivity index (χ1v) is 6.95. The lowest BCUT2D eigenvalue weighted by molar-refractivity contribution is 0.00693. The molecule has 0 aliphatic heterocycles. The van der Waals surface area contributed by atoms with Gasteiger partial charge >= 0.3 is 0 Å². The van der Waals surface area contributed by atoms with E-state index in [9.17, 15) is 0 Å². The van der Waals surface area contributed by atoms with Crippen LogP contribution in [0.1, 0.15) is 20.8 Å². The molecule has 98 valence electrons. The maximum Gasteiger partial charge on any atom is 0.166 e. The normalized spacial score (nSPS) is 12.2. The summed E-state index contributed by atoms with van der Waals surface area (Å²) in [5, 5.41) is 0.910. The van der Waals surface area contributed by atoms with Crippen molar-refractivity contribution in [2.24, 2.45) is 0 Å². The summed E-state index contributed by atoms with van der Waals surface area (Å²) in [4.78, 5) is 7.73. The van der Waals surface area contributed by atoms with Crippen molar-refractivity contribution in [2.75, 3.05) is 18.1 Å². The predicted molar refractivity (Wildman–Crippen MR) is 76.9 cm³/mol. The molecule has 0 aliphatic carbocycles. The maximum absolute atomic E-state index is 5.73. The van der Waals surface area contributed by atoms with Gasteiger partial charge in [-0.25, -0.2) is 4.98 Å². The lowest BCUT2D eigenvalue weighted by Gasteiger charge is -2.18. The van der Waals surface area contributed by atoms with Crippen LogP contribution in [0.25, 0.3) is 11.0 Å². The zero-order valence-corrected chi connectivity index (χ0v) is 11.8. The highest BCUT2D eigenvalue weighted by Crippen LogP contribution is 2.21. The number of aromatic amines is 1. The molecule has 0 radical (unpaired) electrons. The van der Waals surface area contributed by atoms with E-state index in [1.807, 2.05) is 18.2 Å². The molecule has 2 aromatic rings. The molecule has 4 nitrogen and oxygen atoms in total. The van der Waals surface area contributed by atoms with Crippen LogP contribution in [0, 0.1) is 0 Å². The average molecular weight is 265 g/mol. The highest BCUT2D eigenvalue weighted by molar-refractivity contribution is 7.99. The number of imidazole rings is 1. The van der Waals surface area contributed by atoms with Gasteiger partial charge in [-0.3, -0.25) is 0 Å². The van der Waals surface area contributed by atoms with Crippen molar-refractivity contribution < 1.29 is 4.74 Å². The number of ether oxygens (including phenoxy) is 1. The predicted octanol–water partition coefficient (Wildman–Crippen LogP) is 3.05. The smallest absolute Gasteiger partial charge is 0.166 e. The second-order valence-electron chi connectivity index (χ2n) is 5.13. The molecule has 0 atom stereocenters. The van der Waals surface area contributed by atoms with Gasteiger partial charge in [0, 0.05) is 11.4 Å². The van der Waals surface area contributed by atoms with Gasteiger partial charge in [-0.2, -0.15) is 0 Å².